The molecule has 1 atom stereocenters. The zero-order valence-corrected chi connectivity index (χ0v) is 17.5. The molecule has 0 bridgehead atoms. The van der Waals surface area contributed by atoms with Crippen molar-refractivity contribution in [3.63, 3.8) is 0 Å². The van der Waals surface area contributed by atoms with Crippen molar-refractivity contribution in [2.45, 2.75) is 31.9 Å². The standard InChI is InChI=1S/C24H20ClNO4/c1-23(2,3)26-22(29)24(30-21(28)15-9-4-10-16(25)13-15)18-12-6-8-14-7-5-11-17(19(14)18)20(24)27/h4-13H,1-3H3,(H,26,29). The fourth-order valence-corrected chi connectivity index (χ4v) is 3.94. The van der Waals surface area contributed by atoms with E-state index in [0.29, 0.717) is 21.5 Å². The van der Waals surface area contributed by atoms with E-state index in [1.165, 1.54) is 12.1 Å². The molecule has 0 aromatic heterocycles. The lowest BCUT2D eigenvalue weighted by molar-refractivity contribution is -0.138. The third-order valence-electron chi connectivity index (χ3n) is 4.96. The van der Waals surface area contributed by atoms with E-state index < -0.39 is 28.8 Å². The van der Waals surface area contributed by atoms with Gasteiger partial charge in [0.25, 0.3) is 11.5 Å². The molecule has 1 unspecified atom stereocenters. The first-order valence-electron chi connectivity index (χ1n) is 9.52. The van der Waals surface area contributed by atoms with Crippen molar-refractivity contribution < 1.29 is 19.1 Å². The van der Waals surface area contributed by atoms with Crippen LogP contribution in [0.4, 0.5) is 0 Å². The highest BCUT2D eigenvalue weighted by molar-refractivity contribution is 6.31. The number of carbonyl (C=O) groups is 3. The zero-order chi connectivity index (χ0) is 21.7. The number of rotatable bonds is 3. The number of Topliss-reactive ketones (excluding diaryl/α,β-unsaturated/α-hetero) is 1. The van der Waals surface area contributed by atoms with Crippen LogP contribution in [0.2, 0.25) is 5.02 Å². The van der Waals surface area contributed by atoms with E-state index in [1.54, 1.807) is 57.2 Å². The topological polar surface area (TPSA) is 72.5 Å². The Morgan fingerprint density at radius 2 is 1.67 bits per heavy atom. The predicted molar refractivity (Wildman–Crippen MR) is 115 cm³/mol. The third kappa shape index (κ3) is 3.15. The summed E-state index contributed by atoms with van der Waals surface area (Å²) in [6.45, 7) is 5.39. The summed E-state index contributed by atoms with van der Waals surface area (Å²) < 4.78 is 5.77. The Hall–Kier alpha value is -3.18. The first-order chi connectivity index (χ1) is 14.1. The summed E-state index contributed by atoms with van der Waals surface area (Å²) in [5.74, 6) is -2.05. The molecule has 4 rings (SSSR count). The van der Waals surface area contributed by atoms with Gasteiger partial charge in [-0.2, -0.15) is 0 Å². The van der Waals surface area contributed by atoms with Crippen molar-refractivity contribution in [2.24, 2.45) is 0 Å². The van der Waals surface area contributed by atoms with Gasteiger partial charge in [0, 0.05) is 27.1 Å². The Kier molecular flexibility index (Phi) is 4.66. The molecule has 0 aliphatic heterocycles. The van der Waals surface area contributed by atoms with Gasteiger partial charge in [-0.05, 0) is 44.4 Å². The largest absolute Gasteiger partial charge is 0.432 e. The van der Waals surface area contributed by atoms with E-state index in [-0.39, 0.29) is 5.56 Å². The second-order valence-corrected chi connectivity index (χ2v) is 8.76. The molecule has 30 heavy (non-hydrogen) atoms. The summed E-state index contributed by atoms with van der Waals surface area (Å²) in [6, 6.07) is 16.7. The van der Waals surface area contributed by atoms with Crippen molar-refractivity contribution in [1.29, 1.82) is 0 Å². The van der Waals surface area contributed by atoms with Crippen LogP contribution >= 0.6 is 11.6 Å². The van der Waals surface area contributed by atoms with E-state index in [0.717, 1.165) is 5.39 Å². The summed E-state index contributed by atoms with van der Waals surface area (Å²) in [5, 5.41) is 4.58. The van der Waals surface area contributed by atoms with Crippen LogP contribution in [0.1, 0.15) is 47.1 Å². The van der Waals surface area contributed by atoms with Crippen LogP contribution < -0.4 is 5.32 Å². The fraction of sp³-hybridized carbons (Fsp3) is 0.208. The number of carbonyl (C=O) groups excluding carboxylic acids is 3. The van der Waals surface area contributed by atoms with E-state index in [9.17, 15) is 14.4 Å². The Bertz CT molecular complexity index is 1210. The summed E-state index contributed by atoms with van der Waals surface area (Å²) in [7, 11) is 0. The predicted octanol–water partition coefficient (Wildman–Crippen LogP) is 4.66. The van der Waals surface area contributed by atoms with Crippen LogP contribution in [-0.4, -0.2) is 23.2 Å². The van der Waals surface area contributed by atoms with Gasteiger partial charge in [0.05, 0.1) is 5.56 Å². The van der Waals surface area contributed by atoms with Crippen LogP contribution in [0.5, 0.6) is 0 Å². The lowest BCUT2D eigenvalue weighted by Crippen LogP contribution is -2.55. The number of hydrogen-bond donors (Lipinski definition) is 1. The second-order valence-electron chi connectivity index (χ2n) is 8.32. The molecule has 0 heterocycles. The molecule has 0 radical (unpaired) electrons. The maximum Gasteiger partial charge on any atom is 0.340 e. The molecule has 0 fully saturated rings. The van der Waals surface area contributed by atoms with E-state index in [4.69, 9.17) is 16.3 Å². The molecule has 3 aromatic rings. The first-order valence-corrected chi connectivity index (χ1v) is 9.90. The van der Waals surface area contributed by atoms with Crippen molar-refractivity contribution in [1.82, 2.24) is 5.32 Å². The number of benzene rings is 3. The molecule has 3 aromatic carbocycles. The monoisotopic (exact) mass is 421 g/mol. The fourth-order valence-electron chi connectivity index (χ4n) is 3.75. The van der Waals surface area contributed by atoms with Crippen LogP contribution in [0.25, 0.3) is 10.8 Å². The molecule has 1 aliphatic carbocycles. The average Bonchev–Trinajstić information content (AvgIpc) is 2.92. The lowest BCUT2D eigenvalue weighted by atomic mass is 9.90. The van der Waals surface area contributed by atoms with Crippen molar-refractivity contribution in [3.8, 4) is 0 Å². The van der Waals surface area contributed by atoms with Gasteiger partial charge < -0.3 is 10.1 Å². The number of nitrogens with one attached hydrogen (secondary N) is 1. The highest BCUT2D eigenvalue weighted by Crippen LogP contribution is 2.44. The quantitative estimate of drug-likeness (QED) is 0.493. The van der Waals surface area contributed by atoms with Gasteiger partial charge in [0.2, 0.25) is 5.78 Å². The second kappa shape index (κ2) is 6.96. The van der Waals surface area contributed by atoms with Gasteiger partial charge in [-0.25, -0.2) is 4.79 Å². The van der Waals surface area contributed by atoms with Crippen molar-refractivity contribution in [3.05, 3.63) is 82.4 Å². The Balaban J connectivity index is 1.90. The number of ketones is 1. The first kappa shape index (κ1) is 20.1. The van der Waals surface area contributed by atoms with Gasteiger partial charge >= 0.3 is 5.97 Å². The number of halogens is 1. The van der Waals surface area contributed by atoms with E-state index >= 15 is 0 Å². The van der Waals surface area contributed by atoms with Gasteiger partial charge in [0.15, 0.2) is 0 Å². The molecule has 1 N–H and O–H groups in total. The van der Waals surface area contributed by atoms with Crippen LogP contribution in [0, 0.1) is 0 Å². The van der Waals surface area contributed by atoms with E-state index in [2.05, 4.69) is 5.32 Å². The minimum Gasteiger partial charge on any atom is -0.432 e. The number of ether oxygens (including phenoxy) is 1. The maximum absolute atomic E-state index is 13.6. The molecule has 6 heteroatoms. The van der Waals surface area contributed by atoms with Crippen LogP contribution in [-0.2, 0) is 15.1 Å². The SMILES string of the molecule is CC(C)(C)NC(=O)C1(OC(=O)c2cccc(Cl)c2)C(=O)c2cccc3cccc1c23. The molecular formula is C24H20ClNO4. The van der Waals surface area contributed by atoms with Gasteiger partial charge in [-0.15, -0.1) is 0 Å². The summed E-state index contributed by atoms with van der Waals surface area (Å²) in [5.41, 5.74) is -1.89. The van der Waals surface area contributed by atoms with Crippen LogP contribution in [0.15, 0.2) is 60.7 Å². The van der Waals surface area contributed by atoms with Gasteiger partial charge in [0.1, 0.15) is 0 Å². The summed E-state index contributed by atoms with van der Waals surface area (Å²) in [4.78, 5) is 40.1. The molecule has 1 amide bonds. The minimum absolute atomic E-state index is 0.154. The maximum atomic E-state index is 13.6. The number of hydrogen-bond acceptors (Lipinski definition) is 4. The summed E-state index contributed by atoms with van der Waals surface area (Å²) >= 11 is 6.00. The molecule has 0 saturated heterocycles. The lowest BCUT2D eigenvalue weighted by Gasteiger charge is -2.31. The molecule has 1 aliphatic rings. The highest BCUT2D eigenvalue weighted by atomic mass is 35.5. The van der Waals surface area contributed by atoms with Crippen molar-refractivity contribution in [2.75, 3.05) is 0 Å². The number of esters is 1. The zero-order valence-electron chi connectivity index (χ0n) is 16.8. The van der Waals surface area contributed by atoms with Crippen molar-refractivity contribution >= 4 is 40.0 Å². The number of amides is 1. The third-order valence-corrected chi connectivity index (χ3v) is 5.20. The Morgan fingerprint density at radius 1 is 1.00 bits per heavy atom. The van der Waals surface area contributed by atoms with E-state index in [1.807, 2.05) is 12.1 Å². The average molecular weight is 422 g/mol. The smallest absolute Gasteiger partial charge is 0.340 e. The van der Waals surface area contributed by atoms with Crippen LogP contribution in [0.3, 0.4) is 0 Å². The minimum atomic E-state index is -2.12. The molecule has 152 valence electrons. The van der Waals surface area contributed by atoms with Gasteiger partial charge in [-0.3, -0.25) is 9.59 Å². The Labute approximate surface area is 179 Å². The molecule has 0 spiro atoms. The summed E-state index contributed by atoms with van der Waals surface area (Å²) in [6.07, 6.45) is 0. The normalized spacial score (nSPS) is 17.8. The highest BCUT2D eigenvalue weighted by Gasteiger charge is 2.57. The molecular weight excluding hydrogens is 402 g/mol. The molecule has 5 nitrogen and oxygen atoms in total. The molecule has 0 saturated carbocycles. The van der Waals surface area contributed by atoms with Gasteiger partial charge in [-0.1, -0.05) is 54.1 Å². The Morgan fingerprint density at radius 3 is 2.33 bits per heavy atom.